The molecule has 0 spiro atoms. The Morgan fingerprint density at radius 1 is 1.09 bits per heavy atom. The van der Waals surface area contributed by atoms with Crippen molar-refractivity contribution in [3.05, 3.63) is 81.6 Å². The van der Waals surface area contributed by atoms with Crippen LogP contribution in [0.15, 0.2) is 59.0 Å². The number of amides is 1. The fraction of sp³-hybridized carbons (Fsp3) is 0.200. The van der Waals surface area contributed by atoms with Crippen molar-refractivity contribution >= 4 is 50.6 Å². The van der Waals surface area contributed by atoms with E-state index in [9.17, 15) is 9.59 Å². The zero-order valence-electron chi connectivity index (χ0n) is 18.3. The quantitative estimate of drug-likeness (QED) is 0.289. The Hall–Kier alpha value is -3.29. The number of rotatable bonds is 7. The fourth-order valence-electron chi connectivity index (χ4n) is 3.24. The van der Waals surface area contributed by atoms with E-state index in [4.69, 9.17) is 25.5 Å². The first kappa shape index (κ1) is 22.9. The molecule has 4 rings (SSSR count). The molecule has 2 aromatic heterocycles. The minimum Gasteiger partial charge on any atom is -0.486 e. The highest BCUT2D eigenvalue weighted by molar-refractivity contribution is 7.21. The van der Waals surface area contributed by atoms with Gasteiger partial charge < -0.3 is 19.2 Å². The van der Waals surface area contributed by atoms with Gasteiger partial charge in [-0.2, -0.15) is 0 Å². The van der Waals surface area contributed by atoms with Gasteiger partial charge >= 0.3 is 5.97 Å². The molecular formula is C25H22ClNO5S. The number of methoxy groups -OCH3 is 1. The summed E-state index contributed by atoms with van der Waals surface area (Å²) >= 11 is 7.49. The molecule has 4 aromatic rings. The second-order valence-electron chi connectivity index (χ2n) is 7.68. The van der Waals surface area contributed by atoms with Crippen LogP contribution >= 0.6 is 22.9 Å². The lowest BCUT2D eigenvalue weighted by Crippen LogP contribution is -2.10. The lowest BCUT2D eigenvalue weighted by Gasteiger charge is -2.08. The van der Waals surface area contributed by atoms with Crippen molar-refractivity contribution in [2.24, 2.45) is 0 Å². The molecule has 6 nitrogen and oxygen atoms in total. The van der Waals surface area contributed by atoms with Crippen LogP contribution in [-0.4, -0.2) is 19.0 Å². The van der Waals surface area contributed by atoms with Gasteiger partial charge in [-0.25, -0.2) is 4.79 Å². The van der Waals surface area contributed by atoms with E-state index in [1.807, 2.05) is 24.3 Å². The number of carbonyl (C=O) groups excluding carboxylic acids is 2. The van der Waals surface area contributed by atoms with Crippen LogP contribution in [0.2, 0.25) is 5.02 Å². The summed E-state index contributed by atoms with van der Waals surface area (Å²) in [6, 6.07) is 16.4. The minimum atomic E-state index is -0.493. The zero-order valence-corrected chi connectivity index (χ0v) is 19.9. The van der Waals surface area contributed by atoms with Crippen molar-refractivity contribution in [1.29, 1.82) is 0 Å². The predicted molar refractivity (Wildman–Crippen MR) is 130 cm³/mol. The molecule has 2 aromatic carbocycles. The number of ether oxygens (including phenoxy) is 2. The summed E-state index contributed by atoms with van der Waals surface area (Å²) in [7, 11) is 1.31. The molecule has 0 unspecified atom stereocenters. The van der Waals surface area contributed by atoms with Crippen LogP contribution in [0.4, 0.5) is 5.69 Å². The summed E-state index contributed by atoms with van der Waals surface area (Å²) in [4.78, 5) is 24.8. The van der Waals surface area contributed by atoms with Crippen LogP contribution in [0, 0.1) is 0 Å². The van der Waals surface area contributed by atoms with Gasteiger partial charge in [-0.15, -0.1) is 11.3 Å². The number of fused-ring (bicyclic) bond motifs is 1. The van der Waals surface area contributed by atoms with E-state index >= 15 is 0 Å². The number of esters is 1. The van der Waals surface area contributed by atoms with Crippen molar-refractivity contribution < 1.29 is 23.5 Å². The highest BCUT2D eigenvalue weighted by Gasteiger charge is 2.18. The fourth-order valence-corrected chi connectivity index (χ4v) is 4.71. The SMILES string of the molecule is COC(=O)c1sc2cc(NC(=O)c3ccc(COc4ccc(C(C)C)cc4)o3)ccc2c1Cl. The van der Waals surface area contributed by atoms with E-state index in [1.54, 1.807) is 30.3 Å². The minimum absolute atomic E-state index is 0.170. The van der Waals surface area contributed by atoms with Crippen molar-refractivity contribution in [2.45, 2.75) is 26.4 Å². The number of anilines is 1. The summed E-state index contributed by atoms with van der Waals surface area (Å²) in [5, 5.41) is 3.86. The van der Waals surface area contributed by atoms with Crippen LogP contribution < -0.4 is 10.1 Å². The van der Waals surface area contributed by atoms with E-state index in [1.165, 1.54) is 24.0 Å². The first-order valence-corrected chi connectivity index (χ1v) is 11.5. The number of hydrogen-bond acceptors (Lipinski definition) is 6. The van der Waals surface area contributed by atoms with Crippen molar-refractivity contribution in [3.63, 3.8) is 0 Å². The third-order valence-corrected chi connectivity index (χ3v) is 6.71. The maximum atomic E-state index is 12.6. The standard InChI is InChI=1S/C25H22ClNO5S/c1-14(2)15-4-7-17(8-5-15)31-13-18-9-11-20(32-18)24(28)27-16-6-10-19-21(12-16)33-23(22(19)26)25(29)30-3/h4-12,14H,13H2,1-3H3,(H,27,28). The van der Waals surface area contributed by atoms with Crippen molar-refractivity contribution in [3.8, 4) is 5.75 Å². The number of furan rings is 1. The lowest BCUT2D eigenvalue weighted by atomic mass is 10.0. The summed E-state index contributed by atoms with van der Waals surface area (Å²) in [5.41, 5.74) is 1.80. The van der Waals surface area contributed by atoms with Gasteiger partial charge in [0.15, 0.2) is 5.76 Å². The Morgan fingerprint density at radius 2 is 1.85 bits per heavy atom. The highest BCUT2D eigenvalue weighted by Crippen LogP contribution is 2.37. The van der Waals surface area contributed by atoms with E-state index in [0.29, 0.717) is 27.3 Å². The van der Waals surface area contributed by atoms with Gasteiger partial charge in [0.05, 0.1) is 12.1 Å². The third kappa shape index (κ3) is 5.05. The predicted octanol–water partition coefficient (Wildman–Crippen LogP) is 6.89. The zero-order chi connectivity index (χ0) is 23.5. The molecule has 0 aliphatic carbocycles. The van der Waals surface area contributed by atoms with Crippen LogP contribution in [0.1, 0.15) is 51.3 Å². The van der Waals surface area contributed by atoms with E-state index < -0.39 is 11.9 Å². The van der Waals surface area contributed by atoms with Crippen LogP contribution in [-0.2, 0) is 11.3 Å². The molecule has 0 atom stereocenters. The first-order chi connectivity index (χ1) is 15.9. The molecule has 0 aliphatic rings. The number of hydrogen-bond donors (Lipinski definition) is 1. The van der Waals surface area contributed by atoms with Gasteiger partial charge in [-0.05, 0) is 53.9 Å². The molecule has 0 aliphatic heterocycles. The van der Waals surface area contributed by atoms with Crippen LogP contribution in [0.3, 0.4) is 0 Å². The smallest absolute Gasteiger partial charge is 0.349 e. The molecule has 8 heteroatoms. The summed E-state index contributed by atoms with van der Waals surface area (Å²) in [6.45, 7) is 4.49. The number of nitrogens with one attached hydrogen (secondary N) is 1. The largest absolute Gasteiger partial charge is 0.486 e. The Balaban J connectivity index is 1.41. The molecule has 0 radical (unpaired) electrons. The first-order valence-electron chi connectivity index (χ1n) is 10.3. The maximum Gasteiger partial charge on any atom is 0.349 e. The molecule has 1 amide bonds. The summed E-state index contributed by atoms with van der Waals surface area (Å²) < 4.78 is 16.9. The number of thiophene rings is 1. The molecule has 0 bridgehead atoms. The van der Waals surface area contributed by atoms with Gasteiger partial charge in [0, 0.05) is 15.8 Å². The maximum absolute atomic E-state index is 12.6. The third-order valence-electron chi connectivity index (χ3n) is 5.07. The molecule has 0 fully saturated rings. The molecule has 1 N–H and O–H groups in total. The van der Waals surface area contributed by atoms with Gasteiger partial charge in [-0.3, -0.25) is 4.79 Å². The van der Waals surface area contributed by atoms with Gasteiger partial charge in [0.1, 0.15) is 23.0 Å². The molecule has 0 saturated carbocycles. The number of benzene rings is 2. The van der Waals surface area contributed by atoms with Crippen molar-refractivity contribution in [1.82, 2.24) is 0 Å². The Bertz CT molecular complexity index is 1310. The molecule has 170 valence electrons. The van der Waals surface area contributed by atoms with Crippen LogP contribution in [0.5, 0.6) is 5.75 Å². The van der Waals surface area contributed by atoms with Crippen molar-refractivity contribution in [2.75, 3.05) is 12.4 Å². The average molecular weight is 484 g/mol. The van der Waals surface area contributed by atoms with E-state index in [2.05, 4.69) is 19.2 Å². The Kier molecular flexibility index (Phi) is 6.72. The molecule has 0 saturated heterocycles. The Morgan fingerprint density at radius 3 is 2.55 bits per heavy atom. The number of halogens is 1. The van der Waals surface area contributed by atoms with E-state index in [-0.39, 0.29) is 12.4 Å². The molecular weight excluding hydrogens is 462 g/mol. The highest BCUT2D eigenvalue weighted by atomic mass is 35.5. The average Bonchev–Trinajstić information content (AvgIpc) is 3.42. The Labute approximate surface area is 200 Å². The summed E-state index contributed by atoms with van der Waals surface area (Å²) in [5.74, 6) is 1.01. The lowest BCUT2D eigenvalue weighted by molar-refractivity contribution is 0.0606. The van der Waals surface area contributed by atoms with Gasteiger partial charge in [0.2, 0.25) is 0 Å². The topological polar surface area (TPSA) is 77.8 Å². The second-order valence-corrected chi connectivity index (χ2v) is 9.11. The monoisotopic (exact) mass is 483 g/mol. The normalized spacial score (nSPS) is 11.1. The number of carbonyl (C=O) groups is 2. The summed E-state index contributed by atoms with van der Waals surface area (Å²) in [6.07, 6.45) is 0. The van der Waals surface area contributed by atoms with Gasteiger partial charge in [0.25, 0.3) is 5.91 Å². The van der Waals surface area contributed by atoms with Gasteiger partial charge in [-0.1, -0.05) is 37.6 Å². The van der Waals surface area contributed by atoms with Crippen LogP contribution in [0.25, 0.3) is 10.1 Å². The molecule has 2 heterocycles. The second kappa shape index (κ2) is 9.68. The van der Waals surface area contributed by atoms with E-state index in [0.717, 1.165) is 15.8 Å². The molecule has 33 heavy (non-hydrogen) atoms.